The molecular formula is C14H25ClO3S. The summed E-state index contributed by atoms with van der Waals surface area (Å²) < 4.78 is 28.6. The van der Waals surface area contributed by atoms with Crippen molar-refractivity contribution in [3.63, 3.8) is 0 Å². The van der Waals surface area contributed by atoms with E-state index in [1.54, 1.807) is 0 Å². The predicted molar refractivity (Wildman–Crippen MR) is 77.9 cm³/mol. The van der Waals surface area contributed by atoms with E-state index in [-0.39, 0.29) is 11.2 Å². The Kier molecular flexibility index (Phi) is 5.55. The fraction of sp³-hybridized carbons (Fsp3) is 1.00. The first-order chi connectivity index (χ1) is 8.99. The van der Waals surface area contributed by atoms with Crippen molar-refractivity contribution < 1.29 is 13.2 Å². The van der Waals surface area contributed by atoms with Crippen LogP contribution in [0.3, 0.4) is 0 Å². The van der Waals surface area contributed by atoms with E-state index in [2.05, 4.69) is 0 Å². The van der Waals surface area contributed by atoms with Gasteiger partial charge in [0.05, 0.1) is 12.4 Å². The molecule has 112 valence electrons. The number of hydrogen-bond acceptors (Lipinski definition) is 3. The Morgan fingerprint density at radius 2 is 1.79 bits per heavy atom. The minimum atomic E-state index is -3.44. The molecule has 0 spiro atoms. The monoisotopic (exact) mass is 308 g/mol. The molecule has 0 aliphatic heterocycles. The van der Waals surface area contributed by atoms with Crippen molar-refractivity contribution in [1.82, 2.24) is 0 Å². The van der Waals surface area contributed by atoms with Crippen LogP contribution in [0.25, 0.3) is 0 Å². The Balaban J connectivity index is 1.79. The van der Waals surface area contributed by atoms with Gasteiger partial charge in [-0.05, 0) is 25.2 Å². The molecule has 2 fully saturated rings. The first kappa shape index (κ1) is 15.6. The van der Waals surface area contributed by atoms with Crippen molar-refractivity contribution in [2.75, 3.05) is 19.0 Å². The predicted octanol–water partition coefficient (Wildman–Crippen LogP) is 3.71. The van der Waals surface area contributed by atoms with Crippen LogP contribution in [0.5, 0.6) is 0 Å². The van der Waals surface area contributed by atoms with Gasteiger partial charge in [0.15, 0.2) is 0 Å². The summed E-state index contributed by atoms with van der Waals surface area (Å²) in [7, 11) is 2.03. The summed E-state index contributed by atoms with van der Waals surface area (Å²) in [5.74, 6) is 0.921. The van der Waals surface area contributed by atoms with E-state index in [1.807, 2.05) is 0 Å². The highest BCUT2D eigenvalue weighted by Gasteiger charge is 2.36. The summed E-state index contributed by atoms with van der Waals surface area (Å²) in [5.41, 5.74) is -0.224. The average molecular weight is 309 g/mol. The quantitative estimate of drug-likeness (QED) is 0.532. The number of halogens is 1. The summed E-state index contributed by atoms with van der Waals surface area (Å²) in [6.07, 6.45) is 10.4. The van der Waals surface area contributed by atoms with Gasteiger partial charge in [-0.3, -0.25) is 0 Å². The van der Waals surface area contributed by atoms with Crippen LogP contribution in [0.2, 0.25) is 0 Å². The van der Waals surface area contributed by atoms with Gasteiger partial charge in [0.2, 0.25) is 9.05 Å². The van der Waals surface area contributed by atoms with Gasteiger partial charge in [0.1, 0.15) is 0 Å². The number of rotatable bonds is 7. The van der Waals surface area contributed by atoms with Crippen LogP contribution >= 0.6 is 10.7 Å². The normalized spacial score (nSPS) is 24.1. The standard InChI is InChI=1S/C14H25ClO3S/c15-19(16,17)12-14(8-2-1-3-9-14)11-18-10-7-13-5-4-6-13/h13H,1-12H2. The van der Waals surface area contributed by atoms with Gasteiger partial charge in [-0.1, -0.05) is 38.5 Å². The first-order valence-electron chi connectivity index (χ1n) is 7.49. The van der Waals surface area contributed by atoms with Crippen LogP contribution in [0.1, 0.15) is 57.8 Å². The zero-order chi connectivity index (χ0) is 13.8. The fourth-order valence-electron chi connectivity index (χ4n) is 3.32. The van der Waals surface area contributed by atoms with Crippen LogP contribution in [0, 0.1) is 11.3 Å². The largest absolute Gasteiger partial charge is 0.381 e. The van der Waals surface area contributed by atoms with Crippen LogP contribution in [0.15, 0.2) is 0 Å². The second-order valence-electron chi connectivity index (χ2n) is 6.38. The third-order valence-corrected chi connectivity index (χ3v) is 5.98. The molecule has 0 heterocycles. The van der Waals surface area contributed by atoms with Gasteiger partial charge in [-0.15, -0.1) is 0 Å². The summed E-state index contributed by atoms with van der Waals surface area (Å²) in [4.78, 5) is 0. The molecular weight excluding hydrogens is 284 g/mol. The molecule has 0 unspecified atom stereocenters. The van der Waals surface area contributed by atoms with E-state index in [0.29, 0.717) is 6.61 Å². The van der Waals surface area contributed by atoms with E-state index < -0.39 is 9.05 Å². The third-order valence-electron chi connectivity index (χ3n) is 4.70. The second-order valence-corrected chi connectivity index (χ2v) is 9.16. The lowest BCUT2D eigenvalue weighted by atomic mass is 9.76. The van der Waals surface area contributed by atoms with E-state index in [4.69, 9.17) is 15.4 Å². The molecule has 0 aromatic heterocycles. The van der Waals surface area contributed by atoms with Crippen molar-refractivity contribution in [2.45, 2.75) is 57.8 Å². The number of hydrogen-bond donors (Lipinski definition) is 0. The Hall–Kier alpha value is 0.200. The molecule has 0 aromatic carbocycles. The van der Waals surface area contributed by atoms with Gasteiger partial charge in [-0.2, -0.15) is 0 Å². The zero-order valence-corrected chi connectivity index (χ0v) is 13.1. The van der Waals surface area contributed by atoms with Crippen molar-refractivity contribution in [3.05, 3.63) is 0 Å². The lowest BCUT2D eigenvalue weighted by molar-refractivity contribution is 0.0233. The second kappa shape index (κ2) is 6.77. The Morgan fingerprint density at radius 3 is 2.32 bits per heavy atom. The minimum Gasteiger partial charge on any atom is -0.381 e. The molecule has 0 saturated heterocycles. The van der Waals surface area contributed by atoms with Crippen LogP contribution in [-0.4, -0.2) is 27.4 Å². The van der Waals surface area contributed by atoms with Gasteiger partial charge in [0.25, 0.3) is 0 Å². The third kappa shape index (κ3) is 5.24. The van der Waals surface area contributed by atoms with Gasteiger partial charge in [-0.25, -0.2) is 8.42 Å². The molecule has 2 aliphatic carbocycles. The molecule has 19 heavy (non-hydrogen) atoms. The lowest BCUT2D eigenvalue weighted by Gasteiger charge is -2.36. The van der Waals surface area contributed by atoms with Crippen molar-refractivity contribution in [3.8, 4) is 0 Å². The molecule has 0 aromatic rings. The van der Waals surface area contributed by atoms with Gasteiger partial charge < -0.3 is 4.74 Å². The molecule has 0 bridgehead atoms. The van der Waals surface area contributed by atoms with Crippen LogP contribution < -0.4 is 0 Å². The maximum atomic E-state index is 11.4. The molecule has 2 saturated carbocycles. The summed E-state index contributed by atoms with van der Waals surface area (Å²) in [6, 6.07) is 0. The molecule has 0 amide bonds. The average Bonchev–Trinajstić information content (AvgIpc) is 2.25. The van der Waals surface area contributed by atoms with Gasteiger partial charge in [0, 0.05) is 22.7 Å². The zero-order valence-electron chi connectivity index (χ0n) is 11.6. The number of ether oxygens (including phenoxy) is 1. The molecule has 3 nitrogen and oxygen atoms in total. The van der Waals surface area contributed by atoms with Gasteiger partial charge >= 0.3 is 0 Å². The summed E-state index contributed by atoms with van der Waals surface area (Å²) >= 11 is 0. The van der Waals surface area contributed by atoms with Crippen molar-refractivity contribution in [2.24, 2.45) is 11.3 Å². The van der Waals surface area contributed by atoms with Crippen molar-refractivity contribution >= 4 is 19.7 Å². The van der Waals surface area contributed by atoms with E-state index in [0.717, 1.165) is 44.6 Å². The Labute approximate surface area is 121 Å². The SMILES string of the molecule is O=S(=O)(Cl)CC1(COCCC2CCC2)CCCCC1. The van der Waals surface area contributed by atoms with Crippen LogP contribution in [-0.2, 0) is 13.8 Å². The Bertz CT molecular complexity index is 370. The minimum absolute atomic E-state index is 0.0744. The molecule has 2 rings (SSSR count). The lowest BCUT2D eigenvalue weighted by Crippen LogP contribution is -2.36. The first-order valence-corrected chi connectivity index (χ1v) is 9.97. The van der Waals surface area contributed by atoms with E-state index >= 15 is 0 Å². The highest BCUT2D eigenvalue weighted by molar-refractivity contribution is 8.13. The molecule has 0 radical (unpaired) electrons. The smallest absolute Gasteiger partial charge is 0.233 e. The topological polar surface area (TPSA) is 43.4 Å². The fourth-order valence-corrected chi connectivity index (χ4v) is 5.12. The van der Waals surface area contributed by atoms with Crippen molar-refractivity contribution in [1.29, 1.82) is 0 Å². The summed E-state index contributed by atoms with van der Waals surface area (Å²) in [6.45, 7) is 1.33. The molecule has 5 heteroatoms. The maximum Gasteiger partial charge on any atom is 0.233 e. The highest BCUT2D eigenvalue weighted by Crippen LogP contribution is 2.39. The maximum absolute atomic E-state index is 11.4. The van der Waals surface area contributed by atoms with E-state index in [1.165, 1.54) is 25.7 Å². The van der Waals surface area contributed by atoms with Crippen LogP contribution in [0.4, 0.5) is 0 Å². The highest BCUT2D eigenvalue weighted by atomic mass is 35.7. The molecule has 2 aliphatic rings. The molecule has 0 N–H and O–H groups in total. The Morgan fingerprint density at radius 1 is 1.11 bits per heavy atom. The van der Waals surface area contributed by atoms with E-state index in [9.17, 15) is 8.42 Å². The molecule has 0 atom stereocenters. The summed E-state index contributed by atoms with van der Waals surface area (Å²) in [5, 5.41) is 0.